The van der Waals surface area contributed by atoms with Crippen LogP contribution in [-0.4, -0.2) is 12.0 Å². The molecule has 0 amide bonds. The lowest BCUT2D eigenvalue weighted by Crippen LogP contribution is -2.11. The Morgan fingerprint density at radius 2 is 1.85 bits per heavy atom. The molecule has 2 aromatic rings. The zero-order chi connectivity index (χ0) is 14.5. The molecule has 0 bridgehead atoms. The molecule has 0 aliphatic heterocycles. The van der Waals surface area contributed by atoms with Gasteiger partial charge in [0.1, 0.15) is 11.5 Å². The van der Waals surface area contributed by atoms with Crippen molar-refractivity contribution in [2.75, 3.05) is 7.05 Å². The maximum absolute atomic E-state index is 10.7. The van der Waals surface area contributed by atoms with Crippen molar-refractivity contribution in [1.29, 1.82) is 0 Å². The molecule has 2 rings (SSSR count). The summed E-state index contributed by atoms with van der Waals surface area (Å²) in [6, 6.07) is 14.0. The highest BCUT2D eigenvalue weighted by Crippen LogP contribution is 2.26. The predicted molar refractivity (Wildman–Crippen MR) is 77.1 cm³/mol. The molecule has 5 nitrogen and oxygen atoms in total. The molecule has 104 valence electrons. The van der Waals surface area contributed by atoms with Gasteiger partial charge in [0.25, 0.3) is 5.69 Å². The summed E-state index contributed by atoms with van der Waals surface area (Å²) in [4.78, 5) is 10.3. The largest absolute Gasteiger partial charge is 0.457 e. The summed E-state index contributed by atoms with van der Waals surface area (Å²) in [5.74, 6) is 1.10. The van der Waals surface area contributed by atoms with Crippen LogP contribution in [0.5, 0.6) is 11.5 Å². The summed E-state index contributed by atoms with van der Waals surface area (Å²) in [5.41, 5.74) is 1.17. The normalized spacial score (nSPS) is 11.9. The van der Waals surface area contributed by atoms with Crippen LogP contribution in [0.2, 0.25) is 0 Å². The fourth-order valence-electron chi connectivity index (χ4n) is 1.79. The van der Waals surface area contributed by atoms with Crippen LogP contribution < -0.4 is 10.1 Å². The third-order valence-corrected chi connectivity index (χ3v) is 3.08. The average Bonchev–Trinajstić information content (AvgIpc) is 2.47. The lowest BCUT2D eigenvalue weighted by Gasteiger charge is -2.11. The minimum atomic E-state index is -0.440. The quantitative estimate of drug-likeness (QED) is 0.666. The van der Waals surface area contributed by atoms with E-state index in [1.807, 2.05) is 31.3 Å². The number of nitro benzene ring substituents is 1. The molecule has 1 N–H and O–H groups in total. The van der Waals surface area contributed by atoms with Crippen molar-refractivity contribution in [3.63, 3.8) is 0 Å². The third-order valence-electron chi connectivity index (χ3n) is 3.08. The molecule has 2 aromatic carbocycles. The first-order chi connectivity index (χ1) is 9.60. The average molecular weight is 272 g/mol. The molecular formula is C15H16N2O3. The van der Waals surface area contributed by atoms with Gasteiger partial charge in [0.15, 0.2) is 0 Å². The minimum absolute atomic E-state index is 0.0166. The van der Waals surface area contributed by atoms with Gasteiger partial charge in [-0.25, -0.2) is 0 Å². The van der Waals surface area contributed by atoms with Gasteiger partial charge in [-0.05, 0) is 37.7 Å². The van der Waals surface area contributed by atoms with Crippen molar-refractivity contribution in [3.8, 4) is 11.5 Å². The zero-order valence-electron chi connectivity index (χ0n) is 11.4. The van der Waals surface area contributed by atoms with E-state index in [0.717, 1.165) is 5.56 Å². The van der Waals surface area contributed by atoms with Gasteiger partial charge in [-0.2, -0.15) is 0 Å². The molecule has 0 heterocycles. The van der Waals surface area contributed by atoms with Crippen LogP contribution in [0.15, 0.2) is 48.5 Å². The van der Waals surface area contributed by atoms with Crippen LogP contribution in [0.4, 0.5) is 5.69 Å². The van der Waals surface area contributed by atoms with Gasteiger partial charge in [0.05, 0.1) is 11.0 Å². The second-order valence-electron chi connectivity index (χ2n) is 4.44. The minimum Gasteiger partial charge on any atom is -0.457 e. The number of nitrogens with one attached hydrogen (secondary N) is 1. The second-order valence-corrected chi connectivity index (χ2v) is 4.44. The Bertz CT molecular complexity index is 596. The third kappa shape index (κ3) is 3.33. The Morgan fingerprint density at radius 3 is 2.45 bits per heavy atom. The Morgan fingerprint density at radius 1 is 1.15 bits per heavy atom. The number of nitrogens with zero attached hydrogens (tertiary/aromatic N) is 1. The van der Waals surface area contributed by atoms with Crippen LogP contribution in [0.1, 0.15) is 18.5 Å². The van der Waals surface area contributed by atoms with Crippen molar-refractivity contribution in [2.24, 2.45) is 0 Å². The van der Waals surface area contributed by atoms with E-state index in [9.17, 15) is 10.1 Å². The number of non-ortho nitro benzene ring substituents is 1. The van der Waals surface area contributed by atoms with E-state index in [1.54, 1.807) is 12.1 Å². The summed E-state index contributed by atoms with van der Waals surface area (Å²) in [6.07, 6.45) is 0. The molecule has 0 aromatic heterocycles. The van der Waals surface area contributed by atoms with Crippen molar-refractivity contribution in [3.05, 3.63) is 64.2 Å². The van der Waals surface area contributed by atoms with E-state index in [-0.39, 0.29) is 11.7 Å². The molecular weight excluding hydrogens is 256 g/mol. The van der Waals surface area contributed by atoms with Crippen LogP contribution in [0, 0.1) is 10.1 Å². The fraction of sp³-hybridized carbons (Fsp3) is 0.200. The monoisotopic (exact) mass is 272 g/mol. The maximum atomic E-state index is 10.7. The van der Waals surface area contributed by atoms with E-state index in [4.69, 9.17) is 4.74 Å². The van der Waals surface area contributed by atoms with Gasteiger partial charge in [0, 0.05) is 12.1 Å². The topological polar surface area (TPSA) is 64.4 Å². The molecule has 0 saturated heterocycles. The standard InChI is InChI=1S/C15H16N2O3/c1-11(16-2)12-6-8-14(9-7-12)20-15-5-3-4-13(10-15)17(18)19/h3-11,16H,1-2H3. The zero-order valence-corrected chi connectivity index (χ0v) is 11.4. The van der Waals surface area contributed by atoms with Gasteiger partial charge in [-0.3, -0.25) is 10.1 Å². The van der Waals surface area contributed by atoms with Gasteiger partial charge < -0.3 is 10.1 Å². The molecule has 1 unspecified atom stereocenters. The summed E-state index contributed by atoms with van der Waals surface area (Å²) in [6.45, 7) is 2.07. The number of ether oxygens (including phenoxy) is 1. The molecule has 1 atom stereocenters. The van der Waals surface area contributed by atoms with E-state index in [1.165, 1.54) is 12.1 Å². The molecule has 0 spiro atoms. The smallest absolute Gasteiger partial charge is 0.273 e. The second kappa shape index (κ2) is 6.16. The highest BCUT2D eigenvalue weighted by molar-refractivity contribution is 5.41. The number of nitro groups is 1. The number of benzene rings is 2. The van der Waals surface area contributed by atoms with Gasteiger partial charge in [0.2, 0.25) is 0 Å². The molecule has 0 radical (unpaired) electrons. The lowest BCUT2D eigenvalue weighted by molar-refractivity contribution is -0.384. The van der Waals surface area contributed by atoms with E-state index in [0.29, 0.717) is 11.5 Å². The van der Waals surface area contributed by atoms with E-state index >= 15 is 0 Å². The first kappa shape index (κ1) is 14.0. The van der Waals surface area contributed by atoms with Crippen molar-refractivity contribution in [1.82, 2.24) is 5.32 Å². The summed E-state index contributed by atoms with van der Waals surface area (Å²) in [5, 5.41) is 13.9. The Balaban J connectivity index is 2.14. The Hall–Kier alpha value is -2.40. The molecule has 0 saturated carbocycles. The SMILES string of the molecule is CNC(C)c1ccc(Oc2cccc([N+](=O)[O-])c2)cc1. The predicted octanol–water partition coefficient (Wildman–Crippen LogP) is 3.67. The fourth-order valence-corrected chi connectivity index (χ4v) is 1.79. The van der Waals surface area contributed by atoms with Crippen LogP contribution in [0.25, 0.3) is 0 Å². The Labute approximate surface area is 117 Å². The summed E-state index contributed by atoms with van der Waals surface area (Å²) >= 11 is 0. The first-order valence-corrected chi connectivity index (χ1v) is 6.29. The molecule has 20 heavy (non-hydrogen) atoms. The number of hydrogen-bond donors (Lipinski definition) is 1. The summed E-state index contributed by atoms with van der Waals surface area (Å²) in [7, 11) is 1.90. The van der Waals surface area contributed by atoms with E-state index in [2.05, 4.69) is 12.2 Å². The Kier molecular flexibility index (Phi) is 4.32. The van der Waals surface area contributed by atoms with Gasteiger partial charge >= 0.3 is 0 Å². The first-order valence-electron chi connectivity index (χ1n) is 6.29. The number of hydrogen-bond acceptors (Lipinski definition) is 4. The molecule has 0 aliphatic rings. The van der Waals surface area contributed by atoms with Gasteiger partial charge in [-0.1, -0.05) is 18.2 Å². The van der Waals surface area contributed by atoms with Crippen LogP contribution in [-0.2, 0) is 0 Å². The van der Waals surface area contributed by atoms with Gasteiger partial charge in [-0.15, -0.1) is 0 Å². The molecule has 0 aliphatic carbocycles. The number of rotatable bonds is 5. The lowest BCUT2D eigenvalue weighted by atomic mass is 10.1. The molecule has 5 heteroatoms. The molecule has 0 fully saturated rings. The summed E-state index contributed by atoms with van der Waals surface area (Å²) < 4.78 is 5.61. The highest BCUT2D eigenvalue weighted by atomic mass is 16.6. The highest BCUT2D eigenvalue weighted by Gasteiger charge is 2.07. The maximum Gasteiger partial charge on any atom is 0.273 e. The van der Waals surface area contributed by atoms with Crippen molar-refractivity contribution < 1.29 is 9.66 Å². The van der Waals surface area contributed by atoms with Crippen molar-refractivity contribution >= 4 is 5.69 Å². The van der Waals surface area contributed by atoms with Crippen molar-refractivity contribution in [2.45, 2.75) is 13.0 Å². The van der Waals surface area contributed by atoms with Crippen LogP contribution >= 0.6 is 0 Å². The van der Waals surface area contributed by atoms with Crippen LogP contribution in [0.3, 0.4) is 0 Å². The van der Waals surface area contributed by atoms with E-state index < -0.39 is 4.92 Å².